The summed E-state index contributed by atoms with van der Waals surface area (Å²) >= 11 is 1.50. The monoisotopic (exact) mass is 327 g/mol. The Hall–Kier alpha value is -1.01. The highest BCUT2D eigenvalue weighted by Crippen LogP contribution is 2.36. The molecule has 1 N–H and O–H groups in total. The van der Waals surface area contributed by atoms with E-state index in [0.717, 1.165) is 23.3 Å². The van der Waals surface area contributed by atoms with Gasteiger partial charge >= 0.3 is 0 Å². The molecule has 0 aliphatic carbocycles. The zero-order chi connectivity index (χ0) is 15.7. The maximum Gasteiger partial charge on any atom is 0.251 e. The molecular weight excluding hydrogens is 306 g/mol. The van der Waals surface area contributed by atoms with Crippen LogP contribution in [0.5, 0.6) is 0 Å². The van der Waals surface area contributed by atoms with Gasteiger partial charge in [-0.05, 0) is 28.7 Å². The second kappa shape index (κ2) is 6.01. The molecule has 21 heavy (non-hydrogen) atoms. The van der Waals surface area contributed by atoms with Crippen LogP contribution in [0.1, 0.15) is 37.1 Å². The lowest BCUT2D eigenvalue weighted by Crippen LogP contribution is -2.39. The molecule has 0 spiro atoms. The zero-order valence-corrected chi connectivity index (χ0v) is 14.2. The SMILES string of the molecule is CC(C)(C)CS(=O)(=O)NC(=O)[C@H]1SCCc2ccccc21. The van der Waals surface area contributed by atoms with Crippen molar-refractivity contribution in [3.63, 3.8) is 0 Å². The maximum absolute atomic E-state index is 12.4. The molecule has 0 bridgehead atoms. The van der Waals surface area contributed by atoms with Gasteiger partial charge in [-0.2, -0.15) is 0 Å². The number of sulfonamides is 1. The second-order valence-electron chi connectivity index (χ2n) is 6.49. The fraction of sp³-hybridized carbons (Fsp3) is 0.533. The summed E-state index contributed by atoms with van der Waals surface area (Å²) in [7, 11) is -3.60. The Labute approximate surface area is 130 Å². The molecule has 0 saturated heterocycles. The Bertz CT molecular complexity index is 633. The van der Waals surface area contributed by atoms with Crippen LogP contribution in [0.25, 0.3) is 0 Å². The molecule has 1 aromatic carbocycles. The first-order valence-corrected chi connectivity index (χ1v) is 9.62. The topological polar surface area (TPSA) is 63.2 Å². The molecule has 0 aromatic heterocycles. The Kier molecular flexibility index (Phi) is 4.68. The summed E-state index contributed by atoms with van der Waals surface area (Å²) in [6, 6.07) is 7.73. The molecule has 1 aromatic rings. The highest BCUT2D eigenvalue weighted by atomic mass is 32.2. The number of rotatable bonds is 3. The van der Waals surface area contributed by atoms with Crippen molar-refractivity contribution in [2.75, 3.05) is 11.5 Å². The molecule has 1 aliphatic heterocycles. The van der Waals surface area contributed by atoms with Crippen molar-refractivity contribution in [1.82, 2.24) is 4.72 Å². The molecule has 4 nitrogen and oxygen atoms in total. The summed E-state index contributed by atoms with van der Waals surface area (Å²) in [5, 5.41) is -0.440. The normalized spacial score (nSPS) is 18.9. The molecular formula is C15H21NO3S2. The van der Waals surface area contributed by atoms with Gasteiger partial charge in [0, 0.05) is 0 Å². The Balaban J connectivity index is 2.15. The third kappa shape index (κ3) is 4.48. The predicted octanol–water partition coefficient (Wildman–Crippen LogP) is 2.51. The van der Waals surface area contributed by atoms with Gasteiger partial charge in [0.05, 0.1) is 5.75 Å². The molecule has 2 rings (SSSR count). The molecule has 6 heteroatoms. The van der Waals surface area contributed by atoms with Crippen molar-refractivity contribution >= 4 is 27.7 Å². The number of benzene rings is 1. The summed E-state index contributed by atoms with van der Waals surface area (Å²) in [5.41, 5.74) is 1.67. The van der Waals surface area contributed by atoms with Crippen LogP contribution in [0.2, 0.25) is 0 Å². The van der Waals surface area contributed by atoms with Gasteiger partial charge in [0.2, 0.25) is 10.0 Å². The van der Waals surface area contributed by atoms with Gasteiger partial charge in [-0.25, -0.2) is 8.42 Å². The molecule has 116 valence electrons. The van der Waals surface area contributed by atoms with Crippen LogP contribution >= 0.6 is 11.8 Å². The third-order valence-corrected chi connectivity index (χ3v) is 6.11. The van der Waals surface area contributed by atoms with Gasteiger partial charge in [0.1, 0.15) is 5.25 Å². The first-order valence-electron chi connectivity index (χ1n) is 6.92. The summed E-state index contributed by atoms with van der Waals surface area (Å²) < 4.78 is 26.4. The molecule has 0 saturated carbocycles. The van der Waals surface area contributed by atoms with Gasteiger partial charge in [-0.1, -0.05) is 45.0 Å². The lowest BCUT2D eigenvalue weighted by Gasteiger charge is -2.25. The van der Waals surface area contributed by atoms with Crippen LogP contribution in [0.4, 0.5) is 0 Å². The van der Waals surface area contributed by atoms with Gasteiger partial charge in [0.25, 0.3) is 5.91 Å². The number of nitrogens with one attached hydrogen (secondary N) is 1. The number of fused-ring (bicyclic) bond motifs is 1. The van der Waals surface area contributed by atoms with Crippen molar-refractivity contribution in [3.8, 4) is 0 Å². The summed E-state index contributed by atoms with van der Waals surface area (Å²) in [4.78, 5) is 12.4. The van der Waals surface area contributed by atoms with E-state index in [2.05, 4.69) is 4.72 Å². The lowest BCUT2D eigenvalue weighted by molar-refractivity contribution is -0.118. The molecule has 0 unspecified atom stereocenters. The van der Waals surface area contributed by atoms with Crippen molar-refractivity contribution in [2.45, 2.75) is 32.4 Å². The van der Waals surface area contributed by atoms with Gasteiger partial charge in [0.15, 0.2) is 0 Å². The first-order chi connectivity index (χ1) is 9.68. The van der Waals surface area contributed by atoms with E-state index in [9.17, 15) is 13.2 Å². The fourth-order valence-electron chi connectivity index (χ4n) is 2.42. The summed E-state index contributed by atoms with van der Waals surface area (Å²) in [6.07, 6.45) is 0.916. The van der Waals surface area contributed by atoms with Crippen LogP contribution < -0.4 is 4.72 Å². The Morgan fingerprint density at radius 1 is 1.33 bits per heavy atom. The van der Waals surface area contributed by atoms with Crippen LogP contribution in [-0.2, 0) is 21.2 Å². The van der Waals surface area contributed by atoms with Crippen molar-refractivity contribution in [3.05, 3.63) is 35.4 Å². The molecule has 1 amide bonds. The van der Waals surface area contributed by atoms with E-state index in [0.29, 0.717) is 0 Å². The minimum Gasteiger partial charge on any atom is -0.272 e. The average molecular weight is 327 g/mol. The molecule has 0 fully saturated rings. The summed E-state index contributed by atoms with van der Waals surface area (Å²) in [5.74, 6) is 0.329. The van der Waals surface area contributed by atoms with E-state index in [4.69, 9.17) is 0 Å². The van der Waals surface area contributed by atoms with Crippen LogP contribution in [0, 0.1) is 5.41 Å². The smallest absolute Gasteiger partial charge is 0.251 e. The number of aryl methyl sites for hydroxylation is 1. The highest BCUT2D eigenvalue weighted by Gasteiger charge is 2.31. The minimum absolute atomic E-state index is 0.0647. The zero-order valence-electron chi connectivity index (χ0n) is 12.5. The van der Waals surface area contributed by atoms with Crippen LogP contribution in [0.15, 0.2) is 24.3 Å². The minimum atomic E-state index is -3.60. The predicted molar refractivity (Wildman–Crippen MR) is 86.7 cm³/mol. The number of hydrogen-bond acceptors (Lipinski definition) is 4. The maximum atomic E-state index is 12.4. The second-order valence-corrected chi connectivity index (χ2v) is 9.42. The van der Waals surface area contributed by atoms with Gasteiger partial charge < -0.3 is 0 Å². The fourth-order valence-corrected chi connectivity index (χ4v) is 5.33. The quantitative estimate of drug-likeness (QED) is 0.926. The van der Waals surface area contributed by atoms with Gasteiger partial charge in [-0.3, -0.25) is 9.52 Å². The summed E-state index contributed by atoms with van der Waals surface area (Å²) in [6.45, 7) is 5.50. The molecule has 0 radical (unpaired) electrons. The number of thioether (sulfide) groups is 1. The van der Waals surface area contributed by atoms with Crippen molar-refractivity contribution < 1.29 is 13.2 Å². The van der Waals surface area contributed by atoms with E-state index < -0.39 is 21.2 Å². The Morgan fingerprint density at radius 3 is 2.67 bits per heavy atom. The van der Waals surface area contributed by atoms with Gasteiger partial charge in [-0.15, -0.1) is 11.8 Å². The third-order valence-electron chi connectivity index (χ3n) is 3.11. The molecule has 1 aliphatic rings. The largest absolute Gasteiger partial charge is 0.272 e. The lowest BCUT2D eigenvalue weighted by atomic mass is 10.0. The number of amides is 1. The van der Waals surface area contributed by atoms with E-state index in [-0.39, 0.29) is 11.2 Å². The number of hydrogen-bond donors (Lipinski definition) is 1. The van der Waals surface area contributed by atoms with E-state index >= 15 is 0 Å². The number of carbonyl (C=O) groups is 1. The number of carbonyl (C=O) groups excluding carboxylic acids is 1. The van der Waals surface area contributed by atoms with E-state index in [1.807, 2.05) is 45.0 Å². The Morgan fingerprint density at radius 2 is 2.00 bits per heavy atom. The van der Waals surface area contributed by atoms with Crippen LogP contribution in [-0.4, -0.2) is 25.8 Å². The van der Waals surface area contributed by atoms with E-state index in [1.54, 1.807) is 0 Å². The standard InChI is InChI=1S/C15H21NO3S2/c1-15(2,3)10-21(18,19)16-14(17)13-12-7-5-4-6-11(12)8-9-20-13/h4-7,13H,8-10H2,1-3H3,(H,16,17)/t13-/m0/s1. The first kappa shape index (κ1) is 16.4. The van der Waals surface area contributed by atoms with Crippen molar-refractivity contribution in [2.24, 2.45) is 5.41 Å². The average Bonchev–Trinajstić information content (AvgIpc) is 2.34. The molecule has 1 heterocycles. The molecule has 1 atom stereocenters. The highest BCUT2D eigenvalue weighted by molar-refractivity contribution is 8.00. The van der Waals surface area contributed by atoms with E-state index in [1.165, 1.54) is 11.8 Å². The van der Waals surface area contributed by atoms with Crippen molar-refractivity contribution in [1.29, 1.82) is 0 Å². The van der Waals surface area contributed by atoms with Crippen LogP contribution in [0.3, 0.4) is 0 Å².